The van der Waals surface area contributed by atoms with Gasteiger partial charge in [-0.2, -0.15) is 0 Å². The van der Waals surface area contributed by atoms with Gasteiger partial charge < -0.3 is 20.8 Å². The molecule has 1 aliphatic heterocycles. The molecule has 0 radical (unpaired) electrons. The van der Waals surface area contributed by atoms with E-state index in [1.54, 1.807) is 14.1 Å². The van der Waals surface area contributed by atoms with Crippen LogP contribution in [-0.2, 0) is 0 Å². The fourth-order valence-corrected chi connectivity index (χ4v) is 1.29. The lowest BCUT2D eigenvalue weighted by molar-refractivity contribution is 0.0214. The molecule has 5 heteroatoms. The van der Waals surface area contributed by atoms with Gasteiger partial charge in [0.15, 0.2) is 0 Å². The fraction of sp³-hybridized carbons (Fsp3) is 1.00. The first kappa shape index (κ1) is 8.89. The Morgan fingerprint density at radius 1 is 1.00 bits per heavy atom. The molecule has 0 spiro atoms. The lowest BCUT2D eigenvalue weighted by Gasteiger charge is -2.13. The second-order valence-corrected chi connectivity index (χ2v) is 2.68. The molecule has 1 rings (SSSR count). The Hall–Kier alpha value is -0.200. The molecule has 0 amide bonds. The lowest BCUT2D eigenvalue weighted by Crippen LogP contribution is -2.46. The predicted octanol–water partition coefficient (Wildman–Crippen LogP) is -2.60. The van der Waals surface area contributed by atoms with Gasteiger partial charge in [-0.15, -0.1) is 0 Å². The third kappa shape index (κ3) is 1.52. The third-order valence-corrected chi connectivity index (χ3v) is 2.01. The van der Waals surface area contributed by atoms with Gasteiger partial charge in [0.1, 0.15) is 12.2 Å². The quantitative estimate of drug-likeness (QED) is 0.307. The average Bonchev–Trinajstić information content (AvgIpc) is 2.30. The Labute approximate surface area is 65.8 Å². The Morgan fingerprint density at radius 3 is 1.55 bits per heavy atom. The molecule has 4 unspecified atom stereocenters. The monoisotopic (exact) mass is 161 g/mol. The molecule has 0 saturated carbocycles. The molecule has 1 aliphatic rings. The highest BCUT2D eigenvalue weighted by molar-refractivity contribution is 4.94. The number of nitrogens with one attached hydrogen (secondary N) is 3. The molecule has 0 aromatic carbocycles. The summed E-state index contributed by atoms with van der Waals surface area (Å²) in [6.45, 7) is 0. The SMILES string of the molecule is CNC1NC(NC)C(O)C1O. The molecule has 0 aliphatic carbocycles. The van der Waals surface area contributed by atoms with Crippen LogP contribution in [0.1, 0.15) is 0 Å². The minimum absolute atomic E-state index is 0.234. The van der Waals surface area contributed by atoms with E-state index in [0.29, 0.717) is 0 Å². The Balaban J connectivity index is 2.53. The molecule has 0 bridgehead atoms. The smallest absolute Gasteiger partial charge is 0.111 e. The van der Waals surface area contributed by atoms with E-state index >= 15 is 0 Å². The summed E-state index contributed by atoms with van der Waals surface area (Å²) in [7, 11) is 3.46. The van der Waals surface area contributed by atoms with Gasteiger partial charge in [0.2, 0.25) is 0 Å². The molecular formula is C6H15N3O2. The molecule has 66 valence electrons. The van der Waals surface area contributed by atoms with Crippen LogP contribution in [-0.4, -0.2) is 48.8 Å². The van der Waals surface area contributed by atoms with E-state index in [1.807, 2.05) is 0 Å². The normalized spacial score (nSPS) is 44.7. The van der Waals surface area contributed by atoms with E-state index in [4.69, 9.17) is 0 Å². The van der Waals surface area contributed by atoms with E-state index in [0.717, 1.165) is 0 Å². The molecule has 4 atom stereocenters. The van der Waals surface area contributed by atoms with Gasteiger partial charge in [-0.25, -0.2) is 0 Å². The summed E-state index contributed by atoms with van der Waals surface area (Å²) in [6, 6.07) is 0. The third-order valence-electron chi connectivity index (χ3n) is 2.01. The summed E-state index contributed by atoms with van der Waals surface area (Å²) in [6.07, 6.45) is -1.97. The van der Waals surface area contributed by atoms with E-state index in [-0.39, 0.29) is 12.3 Å². The van der Waals surface area contributed by atoms with Crippen molar-refractivity contribution >= 4 is 0 Å². The Bertz CT molecular complexity index is 115. The zero-order valence-electron chi connectivity index (χ0n) is 6.70. The number of aliphatic hydroxyl groups is 2. The van der Waals surface area contributed by atoms with Crippen LogP contribution in [0.4, 0.5) is 0 Å². The highest BCUT2D eigenvalue weighted by Gasteiger charge is 2.39. The summed E-state index contributed by atoms with van der Waals surface area (Å²) in [5, 5.41) is 27.4. The fourth-order valence-electron chi connectivity index (χ4n) is 1.29. The van der Waals surface area contributed by atoms with Crippen LogP contribution in [0.15, 0.2) is 0 Å². The minimum Gasteiger partial charge on any atom is -0.387 e. The lowest BCUT2D eigenvalue weighted by atomic mass is 10.2. The van der Waals surface area contributed by atoms with Crippen LogP contribution >= 0.6 is 0 Å². The van der Waals surface area contributed by atoms with Gasteiger partial charge in [0.05, 0.1) is 12.3 Å². The summed E-state index contributed by atoms with van der Waals surface area (Å²) < 4.78 is 0. The van der Waals surface area contributed by atoms with E-state index in [2.05, 4.69) is 16.0 Å². The van der Waals surface area contributed by atoms with Gasteiger partial charge >= 0.3 is 0 Å². The van der Waals surface area contributed by atoms with Gasteiger partial charge in [0, 0.05) is 0 Å². The van der Waals surface area contributed by atoms with Crippen molar-refractivity contribution in [3.05, 3.63) is 0 Å². The zero-order valence-corrected chi connectivity index (χ0v) is 6.70. The molecular weight excluding hydrogens is 146 g/mol. The van der Waals surface area contributed by atoms with Gasteiger partial charge in [0.25, 0.3) is 0 Å². The molecule has 1 fully saturated rings. The van der Waals surface area contributed by atoms with Crippen molar-refractivity contribution in [2.24, 2.45) is 0 Å². The number of rotatable bonds is 2. The van der Waals surface area contributed by atoms with Crippen LogP contribution in [0.2, 0.25) is 0 Å². The van der Waals surface area contributed by atoms with Crippen molar-refractivity contribution in [3.8, 4) is 0 Å². The van der Waals surface area contributed by atoms with Crippen LogP contribution in [0, 0.1) is 0 Å². The van der Waals surface area contributed by atoms with Gasteiger partial charge in [-0.1, -0.05) is 0 Å². The number of likely N-dealkylation sites (N-methyl/N-ethyl adjacent to an activating group) is 2. The maximum Gasteiger partial charge on any atom is 0.111 e. The topological polar surface area (TPSA) is 76.5 Å². The van der Waals surface area contributed by atoms with Crippen molar-refractivity contribution in [2.75, 3.05) is 14.1 Å². The second kappa shape index (κ2) is 3.46. The van der Waals surface area contributed by atoms with E-state index in [9.17, 15) is 10.2 Å². The molecule has 11 heavy (non-hydrogen) atoms. The first-order valence-corrected chi connectivity index (χ1v) is 3.67. The summed E-state index contributed by atoms with van der Waals surface area (Å²) in [5.41, 5.74) is 0. The second-order valence-electron chi connectivity index (χ2n) is 2.68. The van der Waals surface area contributed by atoms with Crippen LogP contribution in [0.3, 0.4) is 0 Å². The van der Waals surface area contributed by atoms with Crippen molar-refractivity contribution in [1.29, 1.82) is 0 Å². The summed E-state index contributed by atoms with van der Waals surface area (Å²) >= 11 is 0. The zero-order chi connectivity index (χ0) is 8.43. The van der Waals surface area contributed by atoms with Crippen molar-refractivity contribution in [1.82, 2.24) is 16.0 Å². The number of hydrogen-bond acceptors (Lipinski definition) is 5. The van der Waals surface area contributed by atoms with Crippen LogP contribution in [0.5, 0.6) is 0 Å². The van der Waals surface area contributed by atoms with Crippen molar-refractivity contribution in [2.45, 2.75) is 24.5 Å². The Morgan fingerprint density at radius 2 is 1.36 bits per heavy atom. The first-order valence-electron chi connectivity index (χ1n) is 3.67. The van der Waals surface area contributed by atoms with E-state index < -0.39 is 12.2 Å². The summed E-state index contributed by atoms with van der Waals surface area (Å²) in [5.74, 6) is 0. The highest BCUT2D eigenvalue weighted by Crippen LogP contribution is 2.09. The maximum absolute atomic E-state index is 9.34. The molecule has 1 saturated heterocycles. The molecule has 5 nitrogen and oxygen atoms in total. The molecule has 1 heterocycles. The maximum atomic E-state index is 9.34. The number of hydrogen-bond donors (Lipinski definition) is 5. The average molecular weight is 161 g/mol. The number of aliphatic hydroxyl groups excluding tert-OH is 2. The highest BCUT2D eigenvalue weighted by atomic mass is 16.3. The van der Waals surface area contributed by atoms with Crippen LogP contribution in [0.25, 0.3) is 0 Å². The predicted molar refractivity (Wildman–Crippen MR) is 40.8 cm³/mol. The van der Waals surface area contributed by atoms with Crippen LogP contribution < -0.4 is 16.0 Å². The minimum atomic E-state index is -0.752. The van der Waals surface area contributed by atoms with Gasteiger partial charge in [-0.3, -0.25) is 5.32 Å². The van der Waals surface area contributed by atoms with Crippen molar-refractivity contribution in [3.63, 3.8) is 0 Å². The summed E-state index contributed by atoms with van der Waals surface area (Å²) in [4.78, 5) is 0. The first-order chi connectivity index (χ1) is 5.20. The molecule has 5 N–H and O–H groups in total. The molecule has 0 aromatic rings. The largest absolute Gasteiger partial charge is 0.387 e. The standard InChI is InChI=1S/C6H15N3O2/c1-7-5-3(10)4(11)6(8-2)9-5/h3-11H,1-2H3. The van der Waals surface area contributed by atoms with Crippen molar-refractivity contribution < 1.29 is 10.2 Å². The Kier molecular flexibility index (Phi) is 2.80. The van der Waals surface area contributed by atoms with Gasteiger partial charge in [-0.05, 0) is 14.1 Å². The van der Waals surface area contributed by atoms with E-state index in [1.165, 1.54) is 0 Å². The molecule has 0 aromatic heterocycles.